The van der Waals surface area contributed by atoms with Crippen molar-refractivity contribution in [3.8, 4) is 11.3 Å². The van der Waals surface area contributed by atoms with Crippen LogP contribution in [-0.2, 0) is 18.3 Å². The number of hydrogen-bond donors (Lipinski definition) is 0. The number of rotatable bonds is 5. The summed E-state index contributed by atoms with van der Waals surface area (Å²) in [6.45, 7) is 0. The van der Waals surface area contributed by atoms with Crippen LogP contribution in [0.4, 0.5) is 0 Å². The van der Waals surface area contributed by atoms with Crippen molar-refractivity contribution in [3.63, 3.8) is 0 Å². The third-order valence-electron chi connectivity index (χ3n) is 5.87. The summed E-state index contributed by atoms with van der Waals surface area (Å²) in [5, 5.41) is 5.20. The molecule has 4 rings (SSSR count). The molecule has 0 N–H and O–H groups in total. The minimum Gasteiger partial charge on any atom is -0.306 e. The zero-order chi connectivity index (χ0) is 19.7. The van der Waals surface area contributed by atoms with Crippen LogP contribution < -0.4 is 0 Å². The number of aromatic nitrogens is 4. The molecule has 28 heavy (non-hydrogen) atoms. The van der Waals surface area contributed by atoms with Crippen LogP contribution in [0.5, 0.6) is 0 Å². The minimum atomic E-state index is 0.170. The first kappa shape index (κ1) is 18.7. The SMILES string of the molecule is CN(C)C1CCC(C(=O)Cc2cc3nc(-c4cnn(C)c4)ccc3cn2)CC1. The Balaban J connectivity index is 1.49. The zero-order valence-electron chi connectivity index (χ0n) is 16.8. The smallest absolute Gasteiger partial charge is 0.141 e. The van der Waals surface area contributed by atoms with Crippen LogP contribution >= 0.6 is 0 Å². The van der Waals surface area contributed by atoms with Gasteiger partial charge < -0.3 is 4.90 Å². The summed E-state index contributed by atoms with van der Waals surface area (Å²) in [5.74, 6) is 0.482. The summed E-state index contributed by atoms with van der Waals surface area (Å²) in [4.78, 5) is 24.3. The molecule has 0 unspecified atom stereocenters. The maximum atomic E-state index is 12.8. The highest BCUT2D eigenvalue weighted by atomic mass is 16.1. The van der Waals surface area contributed by atoms with Gasteiger partial charge in [0.15, 0.2) is 0 Å². The van der Waals surface area contributed by atoms with Crippen molar-refractivity contribution in [2.24, 2.45) is 13.0 Å². The van der Waals surface area contributed by atoms with Gasteiger partial charge in [-0.3, -0.25) is 14.5 Å². The summed E-state index contributed by atoms with van der Waals surface area (Å²) in [5.41, 5.74) is 3.54. The molecule has 3 aromatic heterocycles. The van der Waals surface area contributed by atoms with Crippen LogP contribution in [0.15, 0.2) is 36.8 Å². The van der Waals surface area contributed by atoms with Gasteiger partial charge in [-0.2, -0.15) is 5.10 Å². The van der Waals surface area contributed by atoms with Gasteiger partial charge >= 0.3 is 0 Å². The van der Waals surface area contributed by atoms with Gasteiger partial charge in [0.2, 0.25) is 0 Å². The Morgan fingerprint density at radius 2 is 1.96 bits per heavy atom. The van der Waals surface area contributed by atoms with Gasteiger partial charge in [0, 0.05) is 54.5 Å². The number of fused-ring (bicyclic) bond motifs is 1. The normalized spacial score (nSPS) is 20.0. The Kier molecular flexibility index (Phi) is 5.22. The monoisotopic (exact) mass is 377 g/mol. The molecular weight excluding hydrogens is 350 g/mol. The Morgan fingerprint density at radius 3 is 2.64 bits per heavy atom. The van der Waals surface area contributed by atoms with E-state index in [0.717, 1.165) is 53.5 Å². The van der Waals surface area contributed by atoms with Crippen molar-refractivity contribution in [2.45, 2.75) is 38.1 Å². The molecule has 1 aliphatic rings. The fourth-order valence-corrected chi connectivity index (χ4v) is 4.11. The molecule has 0 amide bonds. The van der Waals surface area contributed by atoms with Crippen molar-refractivity contribution >= 4 is 16.7 Å². The minimum absolute atomic E-state index is 0.170. The Bertz CT molecular complexity index is 986. The van der Waals surface area contributed by atoms with Gasteiger partial charge in [-0.15, -0.1) is 0 Å². The standard InChI is InChI=1S/C22H27N5O/c1-26(2)19-7-4-15(5-8-19)22(28)11-18-10-21-16(12-23-18)6-9-20(25-21)17-13-24-27(3)14-17/h6,9-10,12-15,19H,4-5,7-8,11H2,1-3H3. The number of nitrogens with zero attached hydrogens (tertiary/aromatic N) is 5. The third kappa shape index (κ3) is 3.97. The summed E-state index contributed by atoms with van der Waals surface area (Å²) in [6.07, 6.45) is 10.1. The lowest BCUT2D eigenvalue weighted by Gasteiger charge is -2.31. The van der Waals surface area contributed by atoms with E-state index >= 15 is 0 Å². The van der Waals surface area contributed by atoms with E-state index in [1.165, 1.54) is 0 Å². The molecule has 1 fully saturated rings. The average Bonchev–Trinajstić information content (AvgIpc) is 3.14. The number of Topliss-reactive ketones (excluding diaryl/α,β-unsaturated/α-hetero) is 1. The zero-order valence-corrected chi connectivity index (χ0v) is 16.8. The first-order valence-electron chi connectivity index (χ1n) is 9.93. The fraction of sp³-hybridized carbons (Fsp3) is 0.455. The van der Waals surface area contributed by atoms with Crippen molar-refractivity contribution in [1.29, 1.82) is 0 Å². The number of ketones is 1. The van der Waals surface area contributed by atoms with Crippen molar-refractivity contribution in [3.05, 3.63) is 42.5 Å². The average molecular weight is 377 g/mol. The predicted octanol–water partition coefficient (Wildman–Crippen LogP) is 3.26. The number of pyridine rings is 2. The van der Waals surface area contributed by atoms with Crippen LogP contribution in [-0.4, -0.2) is 50.6 Å². The lowest BCUT2D eigenvalue weighted by Crippen LogP contribution is -2.34. The van der Waals surface area contributed by atoms with E-state index in [9.17, 15) is 4.79 Å². The largest absolute Gasteiger partial charge is 0.306 e. The van der Waals surface area contributed by atoms with Crippen LogP contribution in [0.3, 0.4) is 0 Å². The van der Waals surface area contributed by atoms with E-state index in [1.54, 1.807) is 4.68 Å². The number of hydrogen-bond acceptors (Lipinski definition) is 5. The molecule has 0 aliphatic heterocycles. The highest BCUT2D eigenvalue weighted by molar-refractivity contribution is 5.85. The second-order valence-corrected chi connectivity index (χ2v) is 8.08. The highest BCUT2D eigenvalue weighted by Crippen LogP contribution is 2.28. The third-order valence-corrected chi connectivity index (χ3v) is 5.87. The van der Waals surface area contributed by atoms with Crippen molar-refractivity contribution in [2.75, 3.05) is 14.1 Å². The summed E-state index contributed by atoms with van der Waals surface area (Å²) in [7, 11) is 6.14. The lowest BCUT2D eigenvalue weighted by molar-refractivity contribution is -0.123. The Morgan fingerprint density at radius 1 is 1.18 bits per heavy atom. The molecule has 6 heteroatoms. The topological polar surface area (TPSA) is 63.9 Å². The van der Waals surface area contributed by atoms with E-state index in [0.29, 0.717) is 18.2 Å². The summed E-state index contributed by atoms with van der Waals surface area (Å²) >= 11 is 0. The van der Waals surface area contributed by atoms with Crippen molar-refractivity contribution < 1.29 is 4.79 Å². The molecule has 6 nitrogen and oxygen atoms in total. The number of aryl methyl sites for hydroxylation is 1. The molecule has 0 saturated heterocycles. The highest BCUT2D eigenvalue weighted by Gasteiger charge is 2.27. The molecule has 0 atom stereocenters. The molecule has 0 bridgehead atoms. The van der Waals surface area contributed by atoms with Crippen molar-refractivity contribution in [1.82, 2.24) is 24.6 Å². The molecule has 1 saturated carbocycles. The predicted molar refractivity (Wildman–Crippen MR) is 110 cm³/mol. The molecule has 3 aromatic rings. The molecule has 3 heterocycles. The van der Waals surface area contributed by atoms with E-state index < -0.39 is 0 Å². The molecule has 0 aromatic carbocycles. The Labute approximate surface area is 165 Å². The van der Waals surface area contributed by atoms with Gasteiger partial charge in [0.05, 0.1) is 17.4 Å². The maximum Gasteiger partial charge on any atom is 0.141 e. The second kappa shape index (κ2) is 7.80. The molecular formula is C22H27N5O. The Hall–Kier alpha value is -2.60. The molecule has 0 spiro atoms. The lowest BCUT2D eigenvalue weighted by atomic mass is 9.82. The first-order valence-corrected chi connectivity index (χ1v) is 9.93. The van der Waals surface area contributed by atoms with E-state index in [2.05, 4.69) is 29.1 Å². The fourth-order valence-electron chi connectivity index (χ4n) is 4.11. The van der Waals surface area contributed by atoms with Gasteiger partial charge in [0.1, 0.15) is 5.78 Å². The first-order chi connectivity index (χ1) is 13.5. The number of carbonyl (C=O) groups excluding carboxylic acids is 1. The molecule has 146 valence electrons. The van der Waals surface area contributed by atoms with Crippen LogP contribution in [0.2, 0.25) is 0 Å². The van der Waals surface area contributed by atoms with Gasteiger partial charge in [-0.25, -0.2) is 4.98 Å². The van der Waals surface area contributed by atoms with E-state index in [4.69, 9.17) is 4.98 Å². The van der Waals surface area contributed by atoms with E-state index in [1.807, 2.05) is 43.8 Å². The maximum absolute atomic E-state index is 12.8. The summed E-state index contributed by atoms with van der Waals surface area (Å²) in [6, 6.07) is 6.57. The van der Waals surface area contributed by atoms with Gasteiger partial charge in [0.25, 0.3) is 0 Å². The molecule has 1 aliphatic carbocycles. The quantitative estimate of drug-likeness (QED) is 0.683. The van der Waals surface area contributed by atoms with Crippen LogP contribution in [0, 0.1) is 5.92 Å². The number of carbonyl (C=O) groups is 1. The molecule has 0 radical (unpaired) electrons. The van der Waals surface area contributed by atoms with Crippen LogP contribution in [0.1, 0.15) is 31.4 Å². The van der Waals surface area contributed by atoms with E-state index in [-0.39, 0.29) is 5.92 Å². The van der Waals surface area contributed by atoms with Gasteiger partial charge in [-0.05, 0) is 58.0 Å². The van der Waals surface area contributed by atoms with Crippen LogP contribution in [0.25, 0.3) is 22.2 Å². The second-order valence-electron chi connectivity index (χ2n) is 8.08. The summed E-state index contributed by atoms with van der Waals surface area (Å²) < 4.78 is 1.77. The van der Waals surface area contributed by atoms with Gasteiger partial charge in [-0.1, -0.05) is 0 Å².